The molecule has 6 atom stereocenters. The molecule has 5 N–H and O–H groups in total. The van der Waals surface area contributed by atoms with Gasteiger partial charge in [-0.3, -0.25) is 13.6 Å². The zero-order chi connectivity index (χ0) is 29.7. The van der Waals surface area contributed by atoms with Crippen molar-refractivity contribution in [2.24, 2.45) is 5.73 Å². The second-order valence-corrected chi connectivity index (χ2v) is 10.4. The smallest absolute Gasteiger partial charge is 0.461 e. The molecule has 0 amide bonds. The van der Waals surface area contributed by atoms with E-state index >= 15 is 0 Å². The van der Waals surface area contributed by atoms with Gasteiger partial charge in [-0.1, -0.05) is 30.0 Å². The lowest BCUT2D eigenvalue weighted by Crippen LogP contribution is -2.55. The van der Waals surface area contributed by atoms with Crippen LogP contribution in [0.2, 0.25) is 0 Å². The second-order valence-electron chi connectivity index (χ2n) is 8.88. The minimum atomic E-state index is -4.64. The number of nitrogens with two attached hydrogens (primary N) is 2. The van der Waals surface area contributed by atoms with Crippen LogP contribution in [0.1, 0.15) is 27.0 Å². The average molecular weight is 586 g/mol. The van der Waals surface area contributed by atoms with Gasteiger partial charge in [0.1, 0.15) is 24.6 Å². The lowest BCUT2D eigenvalue weighted by molar-refractivity contribution is -0.156. The number of hydrogen-bond acceptors (Lipinski definition) is 12. The molecule has 1 aromatic carbocycles. The summed E-state index contributed by atoms with van der Waals surface area (Å²) in [5.41, 5.74) is 8.27. The molecule has 0 aliphatic carbocycles. The normalized spacial score (nSPS) is 24.6. The van der Waals surface area contributed by atoms with Crippen LogP contribution in [0.5, 0.6) is 5.75 Å². The van der Waals surface area contributed by atoms with Crippen molar-refractivity contribution in [3.05, 3.63) is 52.8 Å². The van der Waals surface area contributed by atoms with Gasteiger partial charge in [-0.2, -0.15) is 4.98 Å². The van der Waals surface area contributed by atoms with Crippen LogP contribution in [-0.2, 0) is 27.9 Å². The third-order valence-corrected chi connectivity index (χ3v) is 6.91. The molecule has 0 bridgehead atoms. The fraction of sp³-hybridized carbons (Fsp3) is 0.458. The lowest BCUT2D eigenvalue weighted by atomic mass is 9.91. The van der Waals surface area contributed by atoms with Crippen LogP contribution in [0.15, 0.2) is 41.3 Å². The van der Waals surface area contributed by atoms with E-state index < -0.39 is 80.6 Å². The number of carbonyl (C=O) groups excluding carboxylic acids is 1. The number of alkyl halides is 1. The van der Waals surface area contributed by atoms with Gasteiger partial charge < -0.3 is 30.6 Å². The molecule has 1 unspecified atom stereocenters. The van der Waals surface area contributed by atoms with Gasteiger partial charge in [-0.05, 0) is 32.9 Å². The molecule has 218 valence electrons. The first kappa shape index (κ1) is 31.2. The number of ether oxygens (including phenoxy) is 2. The first-order valence-corrected chi connectivity index (χ1v) is 13.4. The topological polar surface area (TPSA) is 187 Å². The van der Waals surface area contributed by atoms with Crippen molar-refractivity contribution in [2.45, 2.75) is 57.0 Å². The molecular weight excluding hydrogens is 557 g/mol. The van der Waals surface area contributed by atoms with Gasteiger partial charge in [0.15, 0.2) is 29.5 Å². The first-order chi connectivity index (χ1) is 18.8. The lowest BCUT2D eigenvalue weighted by Gasteiger charge is -2.28. The number of halogens is 2. The van der Waals surface area contributed by atoms with E-state index in [4.69, 9.17) is 34.5 Å². The van der Waals surface area contributed by atoms with Crippen molar-refractivity contribution >= 4 is 19.6 Å². The SMILES string of the molecule is CC(C)OC(=O)[C@H](C)O[P@](=O)(OC[C@H]1O[C@@H](n2cc(F)c(N)nc2=O)C(N)(C#CCF)[C@H]1O)Oc1ccccc1. The molecule has 1 aliphatic heterocycles. The fourth-order valence-corrected chi connectivity index (χ4v) is 4.94. The number of rotatable bonds is 10. The maximum atomic E-state index is 14.2. The molecule has 0 radical (unpaired) electrons. The van der Waals surface area contributed by atoms with E-state index in [2.05, 4.69) is 16.8 Å². The molecule has 16 heteroatoms. The number of benzene rings is 1. The molecule has 13 nitrogen and oxygen atoms in total. The van der Waals surface area contributed by atoms with Crippen molar-refractivity contribution in [3.63, 3.8) is 0 Å². The zero-order valence-electron chi connectivity index (χ0n) is 21.7. The summed E-state index contributed by atoms with van der Waals surface area (Å²) in [6, 6.07) is 7.71. The highest BCUT2D eigenvalue weighted by Crippen LogP contribution is 2.51. The number of aliphatic hydroxyl groups is 1. The number of nitrogens with zero attached hydrogens (tertiary/aromatic N) is 2. The molecule has 40 heavy (non-hydrogen) atoms. The quantitative estimate of drug-likeness (QED) is 0.207. The van der Waals surface area contributed by atoms with Crippen LogP contribution < -0.4 is 21.7 Å². The Morgan fingerprint density at radius 1 is 1.32 bits per heavy atom. The Hall–Kier alpha value is -3.38. The molecule has 2 heterocycles. The number of phosphoric acid groups is 1. The minimum absolute atomic E-state index is 0.0537. The largest absolute Gasteiger partial charge is 0.530 e. The predicted molar refractivity (Wildman–Crippen MR) is 136 cm³/mol. The number of phosphoric ester groups is 1. The Balaban J connectivity index is 1.90. The Morgan fingerprint density at radius 2 is 2.00 bits per heavy atom. The second kappa shape index (κ2) is 12.9. The Morgan fingerprint density at radius 3 is 2.62 bits per heavy atom. The third kappa shape index (κ3) is 7.22. The van der Waals surface area contributed by atoms with Crippen LogP contribution in [0.25, 0.3) is 0 Å². The zero-order valence-corrected chi connectivity index (χ0v) is 22.6. The number of aromatic nitrogens is 2. The van der Waals surface area contributed by atoms with Crippen molar-refractivity contribution in [1.29, 1.82) is 0 Å². The van der Waals surface area contributed by atoms with E-state index in [1.54, 1.807) is 32.0 Å². The van der Waals surface area contributed by atoms with E-state index in [0.717, 1.165) is 0 Å². The molecule has 2 aromatic rings. The molecule has 0 spiro atoms. The summed E-state index contributed by atoms with van der Waals surface area (Å²) in [5, 5.41) is 11.0. The molecular formula is C24H29F2N4O9P. The van der Waals surface area contributed by atoms with E-state index in [0.29, 0.717) is 10.8 Å². The molecule has 1 saturated heterocycles. The standard InChI is InChI=1S/C24H29F2N4O9P/c1-14(2)36-21(32)15(3)38-40(34,39-16-8-5-4-6-9-16)35-13-18-19(31)24(28,10-7-11-25)22(37-18)30-12-17(26)20(27)29-23(30)33/h4-6,8-9,12,14-15,18-19,22,31H,11,13,28H2,1-3H3,(H2,27,29,33)/t15-,18+,19-,22+,24?,40-/m0/s1. The summed E-state index contributed by atoms with van der Waals surface area (Å²) in [6.45, 7) is 2.55. The maximum absolute atomic E-state index is 14.2. The predicted octanol–water partition coefficient (Wildman–Crippen LogP) is 1.45. The molecule has 1 aliphatic rings. The van der Waals surface area contributed by atoms with Crippen LogP contribution in [-0.4, -0.2) is 63.9 Å². The number of carbonyl (C=O) groups is 1. The minimum Gasteiger partial charge on any atom is -0.461 e. The van der Waals surface area contributed by atoms with E-state index in [9.17, 15) is 28.0 Å². The van der Waals surface area contributed by atoms with Gasteiger partial charge in [0.25, 0.3) is 0 Å². The van der Waals surface area contributed by atoms with Gasteiger partial charge >= 0.3 is 19.5 Å². The number of aliphatic hydroxyl groups excluding tert-OH is 1. The highest BCUT2D eigenvalue weighted by atomic mass is 31.2. The van der Waals surface area contributed by atoms with Crippen molar-refractivity contribution in [3.8, 4) is 17.6 Å². The average Bonchev–Trinajstić information content (AvgIpc) is 3.13. The highest BCUT2D eigenvalue weighted by molar-refractivity contribution is 7.49. The van der Waals surface area contributed by atoms with Gasteiger partial charge in [0, 0.05) is 0 Å². The monoisotopic (exact) mass is 586 g/mol. The Labute approximate surface area is 227 Å². The van der Waals surface area contributed by atoms with Crippen molar-refractivity contribution in [1.82, 2.24) is 9.55 Å². The van der Waals surface area contributed by atoms with E-state index in [1.807, 2.05) is 0 Å². The summed E-state index contributed by atoms with van der Waals surface area (Å²) in [6.07, 6.45) is -6.28. The number of hydrogen-bond donors (Lipinski definition) is 3. The van der Waals surface area contributed by atoms with Gasteiger partial charge in [-0.25, -0.2) is 22.9 Å². The van der Waals surface area contributed by atoms with Crippen molar-refractivity contribution in [2.75, 3.05) is 19.0 Å². The summed E-state index contributed by atoms with van der Waals surface area (Å²) < 4.78 is 68.2. The summed E-state index contributed by atoms with van der Waals surface area (Å²) in [5.74, 6) is 1.74. The molecule has 1 fully saturated rings. The van der Waals surface area contributed by atoms with Crippen LogP contribution >= 0.6 is 7.82 Å². The number of para-hydroxylation sites is 1. The van der Waals surface area contributed by atoms with Crippen molar-refractivity contribution < 1.29 is 46.3 Å². The van der Waals surface area contributed by atoms with Gasteiger partial charge in [0.05, 0.1) is 18.9 Å². The third-order valence-electron chi connectivity index (χ3n) is 5.44. The van der Waals surface area contributed by atoms with Gasteiger partial charge in [0.2, 0.25) is 0 Å². The number of nitrogen functional groups attached to an aromatic ring is 1. The first-order valence-electron chi connectivity index (χ1n) is 11.9. The van der Waals surface area contributed by atoms with Crippen LogP contribution in [0.3, 0.4) is 0 Å². The van der Waals surface area contributed by atoms with Crippen LogP contribution in [0, 0.1) is 17.7 Å². The number of anilines is 1. The van der Waals surface area contributed by atoms with E-state index in [-0.39, 0.29) is 5.75 Å². The summed E-state index contributed by atoms with van der Waals surface area (Å²) in [4.78, 5) is 28.0. The maximum Gasteiger partial charge on any atom is 0.530 e. The van der Waals surface area contributed by atoms with Gasteiger partial charge in [-0.15, -0.1) is 0 Å². The fourth-order valence-electron chi connectivity index (χ4n) is 3.60. The molecule has 1 aromatic heterocycles. The molecule has 0 saturated carbocycles. The highest BCUT2D eigenvalue weighted by Gasteiger charge is 2.55. The number of esters is 1. The van der Waals surface area contributed by atoms with Crippen LogP contribution in [0.4, 0.5) is 14.6 Å². The summed E-state index contributed by atoms with van der Waals surface area (Å²) in [7, 11) is -4.64. The molecule has 3 rings (SSSR count). The Kier molecular flexibility index (Phi) is 10.0. The van der Waals surface area contributed by atoms with E-state index in [1.165, 1.54) is 19.1 Å². The summed E-state index contributed by atoms with van der Waals surface area (Å²) >= 11 is 0. The Bertz CT molecular complexity index is 1370.